The Hall–Kier alpha value is -3.36. The van der Waals surface area contributed by atoms with Crippen LogP contribution in [-0.2, 0) is 18.4 Å². The first-order chi connectivity index (χ1) is 32.0. The molecule has 0 aliphatic rings. The number of unbranched alkanes of at least 4 members (excludes halogenated alkanes) is 11. The van der Waals surface area contributed by atoms with E-state index < -0.39 is 20.0 Å². The molecule has 0 rings (SSSR count). The Balaban J connectivity index is 4.50. The van der Waals surface area contributed by atoms with Gasteiger partial charge in [0.05, 0.1) is 39.9 Å². The third-order valence-electron chi connectivity index (χ3n) is 10.3. The highest BCUT2D eigenvalue weighted by Gasteiger charge is 2.27. The van der Waals surface area contributed by atoms with Crippen LogP contribution >= 0.6 is 7.82 Å². The molecule has 0 aliphatic heterocycles. The molecular weight excluding hydrogens is 840 g/mol. The number of nitrogens with zero attached hydrogens (tertiary/aromatic N) is 1. The number of phosphoric acid groups is 1. The Kier molecular flexibility index (Phi) is 44.4. The van der Waals surface area contributed by atoms with Crippen molar-refractivity contribution in [2.45, 2.75) is 180 Å². The quantitative estimate of drug-likeness (QED) is 0.0243. The normalized spacial score (nSPS) is 15.2. The van der Waals surface area contributed by atoms with Gasteiger partial charge in [-0.05, 0) is 109 Å². The summed E-state index contributed by atoms with van der Waals surface area (Å²) >= 11 is 0. The summed E-state index contributed by atoms with van der Waals surface area (Å²) in [5.41, 5.74) is 0. The van der Waals surface area contributed by atoms with E-state index in [0.717, 1.165) is 89.9 Å². The van der Waals surface area contributed by atoms with Gasteiger partial charge in [-0.15, -0.1) is 0 Å². The Labute approximate surface area is 405 Å². The molecule has 3 N–H and O–H groups in total. The largest absolute Gasteiger partial charge is 0.472 e. The highest BCUT2D eigenvalue weighted by molar-refractivity contribution is 7.47. The number of aliphatic hydroxyl groups excluding tert-OH is 1. The smallest absolute Gasteiger partial charge is 0.387 e. The van der Waals surface area contributed by atoms with Crippen molar-refractivity contribution in [3.63, 3.8) is 0 Å². The summed E-state index contributed by atoms with van der Waals surface area (Å²) in [6, 6.07) is -0.904. The highest BCUT2D eigenvalue weighted by atomic mass is 31.2. The predicted molar refractivity (Wildman–Crippen MR) is 285 cm³/mol. The van der Waals surface area contributed by atoms with Gasteiger partial charge in [0.25, 0.3) is 0 Å². The second-order valence-electron chi connectivity index (χ2n) is 17.8. The van der Waals surface area contributed by atoms with Crippen molar-refractivity contribution in [1.82, 2.24) is 5.32 Å². The summed E-state index contributed by atoms with van der Waals surface area (Å²) in [5.74, 6) is -0.240. The van der Waals surface area contributed by atoms with Gasteiger partial charge in [-0.3, -0.25) is 13.8 Å². The maximum Gasteiger partial charge on any atom is 0.472 e. The third kappa shape index (κ3) is 48.6. The van der Waals surface area contributed by atoms with Crippen molar-refractivity contribution in [1.29, 1.82) is 0 Å². The molecule has 0 spiro atoms. The van der Waals surface area contributed by atoms with Crippen LogP contribution in [0.25, 0.3) is 0 Å². The molecule has 3 unspecified atom stereocenters. The lowest BCUT2D eigenvalue weighted by Gasteiger charge is -2.25. The van der Waals surface area contributed by atoms with Gasteiger partial charge >= 0.3 is 7.82 Å². The molecule has 0 fully saturated rings. The van der Waals surface area contributed by atoms with Crippen LogP contribution in [-0.4, -0.2) is 73.4 Å². The van der Waals surface area contributed by atoms with Crippen molar-refractivity contribution in [3.05, 3.63) is 134 Å². The number of carbonyl (C=O) groups excluding carboxylic acids is 1. The van der Waals surface area contributed by atoms with Crippen LogP contribution in [0.1, 0.15) is 168 Å². The molecule has 8 nitrogen and oxygen atoms in total. The maximum absolute atomic E-state index is 12.9. The van der Waals surface area contributed by atoms with Crippen LogP contribution < -0.4 is 5.32 Å². The predicted octanol–water partition coefficient (Wildman–Crippen LogP) is 15.2. The summed E-state index contributed by atoms with van der Waals surface area (Å²) in [5, 5.41) is 13.8. The SMILES string of the molecule is CC/C=C\C/C=C\C/C=C\C/C=C\C/C=C\C/C=C\C/C=C\C/C=C\CCCCC(=O)NC(COP(=O)(O)OCC[N+](C)(C)C)C(O)/C=C/CC/C=C/CC/C=C/CCCCCCCCC. The number of hydrogen-bond donors (Lipinski definition) is 3. The number of aliphatic hydroxyl groups is 1. The van der Waals surface area contributed by atoms with Crippen LogP contribution in [0, 0.1) is 0 Å². The van der Waals surface area contributed by atoms with Crippen LogP contribution in [0.15, 0.2) is 134 Å². The van der Waals surface area contributed by atoms with Gasteiger partial charge in [0.15, 0.2) is 0 Å². The molecule has 9 heteroatoms. The molecule has 0 aromatic heterocycles. The van der Waals surface area contributed by atoms with E-state index in [9.17, 15) is 19.4 Å². The number of quaternary nitrogens is 1. The monoisotopic (exact) mass is 936 g/mol. The van der Waals surface area contributed by atoms with Crippen molar-refractivity contribution in [2.24, 2.45) is 0 Å². The Morgan fingerprint density at radius 3 is 1.39 bits per heavy atom. The minimum atomic E-state index is -4.38. The fourth-order valence-corrected chi connectivity index (χ4v) is 7.06. The lowest BCUT2D eigenvalue weighted by atomic mass is 10.1. The first-order valence-corrected chi connectivity index (χ1v) is 27.1. The Morgan fingerprint density at radius 1 is 0.530 bits per heavy atom. The number of amides is 1. The van der Waals surface area contributed by atoms with Crippen LogP contribution in [0.4, 0.5) is 0 Å². The molecule has 0 aliphatic carbocycles. The fraction of sp³-hybridized carbons (Fsp3) is 0.596. The number of rotatable bonds is 44. The van der Waals surface area contributed by atoms with Gasteiger partial charge in [-0.2, -0.15) is 0 Å². The van der Waals surface area contributed by atoms with Crippen molar-refractivity contribution in [3.8, 4) is 0 Å². The molecule has 374 valence electrons. The Morgan fingerprint density at radius 2 is 0.924 bits per heavy atom. The van der Waals surface area contributed by atoms with Gasteiger partial charge in [-0.1, -0.05) is 186 Å². The second-order valence-corrected chi connectivity index (χ2v) is 19.2. The van der Waals surface area contributed by atoms with Crippen LogP contribution in [0.3, 0.4) is 0 Å². The summed E-state index contributed by atoms with van der Waals surface area (Å²) in [4.78, 5) is 23.2. The van der Waals surface area contributed by atoms with Gasteiger partial charge in [0, 0.05) is 6.42 Å². The minimum absolute atomic E-state index is 0.0366. The lowest BCUT2D eigenvalue weighted by Crippen LogP contribution is -2.45. The van der Waals surface area contributed by atoms with Crippen LogP contribution in [0.5, 0.6) is 0 Å². The first-order valence-electron chi connectivity index (χ1n) is 25.6. The summed E-state index contributed by atoms with van der Waals surface area (Å²) in [7, 11) is 1.49. The van der Waals surface area contributed by atoms with E-state index >= 15 is 0 Å². The molecule has 0 saturated carbocycles. The molecule has 0 bridgehead atoms. The van der Waals surface area contributed by atoms with Gasteiger partial charge in [0.2, 0.25) is 5.91 Å². The Bertz CT molecular complexity index is 1530. The zero-order chi connectivity index (χ0) is 48.5. The highest BCUT2D eigenvalue weighted by Crippen LogP contribution is 2.43. The van der Waals surface area contributed by atoms with Crippen molar-refractivity contribution < 1.29 is 32.9 Å². The van der Waals surface area contributed by atoms with E-state index in [-0.39, 0.29) is 25.5 Å². The zero-order valence-corrected chi connectivity index (χ0v) is 43.3. The minimum Gasteiger partial charge on any atom is -0.387 e. The molecule has 0 aromatic rings. The third-order valence-corrected chi connectivity index (χ3v) is 11.3. The molecule has 3 atom stereocenters. The molecular formula is C57H96N2O6P+. The first kappa shape index (κ1) is 62.6. The standard InChI is InChI=1S/C57H95N2O6P/c1-6-8-10-12-14-16-18-20-22-24-25-26-27-28-29-30-31-32-33-35-37-39-41-43-45-47-49-51-57(61)58-55(54-65-66(62,63)64-53-52-59(3,4)5)56(60)50-48-46-44-42-40-38-36-34-23-21-19-17-15-13-11-9-7-2/h8,10,14,16,20,22-23,25-26,28-29,31-32,34-35,37,40-43,48,50,55-56,60H,6-7,9,11-13,15,17-19,21,24,27,30,33,36,38-39,44-47,49,51-54H2,1-5H3,(H-,58,61,62,63)/p+1/b10-8-,16-14-,22-20-,26-25-,29-28-,32-31-,34-23+,37-35-,42-40+,43-41-,50-48+. The van der Waals surface area contributed by atoms with Gasteiger partial charge < -0.3 is 19.8 Å². The number of phosphoric ester groups is 1. The van der Waals surface area contributed by atoms with E-state index in [4.69, 9.17) is 9.05 Å². The average molecular weight is 936 g/mol. The lowest BCUT2D eigenvalue weighted by molar-refractivity contribution is -0.870. The number of likely N-dealkylation sites (N-methyl/N-ethyl adjacent to an activating group) is 1. The molecule has 66 heavy (non-hydrogen) atoms. The van der Waals surface area contributed by atoms with E-state index in [1.807, 2.05) is 27.2 Å². The molecule has 0 aromatic carbocycles. The number of hydrogen-bond acceptors (Lipinski definition) is 5. The maximum atomic E-state index is 12.9. The van der Waals surface area contributed by atoms with Crippen molar-refractivity contribution >= 4 is 13.7 Å². The second kappa shape index (κ2) is 46.7. The summed E-state index contributed by atoms with van der Waals surface area (Å²) in [6.07, 6.45) is 71.1. The zero-order valence-electron chi connectivity index (χ0n) is 42.4. The summed E-state index contributed by atoms with van der Waals surface area (Å²) < 4.78 is 23.6. The number of nitrogens with one attached hydrogen (secondary N) is 1. The van der Waals surface area contributed by atoms with Gasteiger partial charge in [0.1, 0.15) is 13.2 Å². The van der Waals surface area contributed by atoms with Crippen molar-refractivity contribution in [2.75, 3.05) is 40.9 Å². The molecule has 1 amide bonds. The topological polar surface area (TPSA) is 105 Å². The number of allylic oxidation sites excluding steroid dienone is 21. The van der Waals surface area contributed by atoms with Crippen LogP contribution in [0.2, 0.25) is 0 Å². The van der Waals surface area contributed by atoms with Gasteiger partial charge in [-0.25, -0.2) is 4.57 Å². The fourth-order valence-electron chi connectivity index (χ4n) is 6.32. The average Bonchev–Trinajstić information content (AvgIpc) is 3.28. The molecule has 0 heterocycles. The molecule has 0 saturated heterocycles. The van der Waals surface area contributed by atoms with E-state index in [2.05, 4.69) is 141 Å². The summed E-state index contributed by atoms with van der Waals surface area (Å²) in [6.45, 7) is 4.60. The number of carbonyl (C=O) groups is 1. The molecule has 0 radical (unpaired) electrons. The van der Waals surface area contributed by atoms with E-state index in [0.29, 0.717) is 17.4 Å². The van der Waals surface area contributed by atoms with E-state index in [1.54, 1.807) is 6.08 Å². The van der Waals surface area contributed by atoms with E-state index in [1.165, 1.54) is 51.4 Å².